The van der Waals surface area contributed by atoms with E-state index in [4.69, 9.17) is 0 Å². The van der Waals surface area contributed by atoms with Crippen LogP contribution in [0.5, 0.6) is 0 Å². The van der Waals surface area contributed by atoms with E-state index < -0.39 is 0 Å². The molecule has 0 saturated carbocycles. The van der Waals surface area contributed by atoms with Crippen LogP contribution in [0.4, 0.5) is 0 Å². The number of benzene rings is 9. The zero-order chi connectivity index (χ0) is 37.6. The van der Waals surface area contributed by atoms with Gasteiger partial charge in [0.2, 0.25) is 0 Å². The van der Waals surface area contributed by atoms with Crippen LogP contribution in [0.2, 0.25) is 0 Å². The van der Waals surface area contributed by atoms with Crippen LogP contribution < -0.4 is 0 Å². The summed E-state index contributed by atoms with van der Waals surface area (Å²) in [6.45, 7) is 4.71. The molecule has 0 aromatic heterocycles. The molecule has 0 aliphatic heterocycles. The molecule has 0 N–H and O–H groups in total. The van der Waals surface area contributed by atoms with E-state index in [1.54, 1.807) is 0 Å². The molecule has 1 aliphatic carbocycles. The van der Waals surface area contributed by atoms with Crippen LogP contribution >= 0.6 is 0 Å². The van der Waals surface area contributed by atoms with Crippen LogP contribution in [0, 0.1) is 0 Å². The van der Waals surface area contributed by atoms with Crippen molar-refractivity contribution in [3.63, 3.8) is 0 Å². The minimum atomic E-state index is 0.0342. The molecule has 0 heteroatoms. The van der Waals surface area contributed by atoms with Gasteiger partial charge in [-0.1, -0.05) is 190 Å². The monoisotopic (exact) mass is 716 g/mol. The highest BCUT2D eigenvalue weighted by Gasteiger charge is 2.41. The lowest BCUT2D eigenvalue weighted by Gasteiger charge is -2.31. The van der Waals surface area contributed by atoms with E-state index in [0.29, 0.717) is 0 Å². The molecular formula is C56H44. The topological polar surface area (TPSA) is 0 Å². The fraction of sp³-hybridized carbons (Fsp3) is 0.107. The summed E-state index contributed by atoms with van der Waals surface area (Å²) in [7, 11) is 0. The Morgan fingerprint density at radius 1 is 0.321 bits per heavy atom. The summed E-state index contributed by atoms with van der Waals surface area (Å²) in [4.78, 5) is 0. The quantitative estimate of drug-likeness (QED) is 0.137. The van der Waals surface area contributed by atoms with Gasteiger partial charge in [-0.2, -0.15) is 0 Å². The maximum absolute atomic E-state index is 2.55. The standard InChI is InChI=1S/C56H44/c1-3-33-56(4-2)52-26-16-15-21-46(52)47-32-31-42(37-53(47)56)55-50-24-13-11-22-48(50)54(49-23-12-14-25-51(49)55)41-29-27-40(28-30-41)45-35-43(38-17-7-5-8-18-38)34-44(36-45)39-19-9-6-10-20-39/h5-32,34-37H,3-4,33H2,1-2H3. The van der Waals surface area contributed by atoms with Crippen molar-refractivity contribution in [3.05, 3.63) is 205 Å². The van der Waals surface area contributed by atoms with Crippen LogP contribution in [0.15, 0.2) is 194 Å². The van der Waals surface area contributed by atoms with Crippen LogP contribution in [-0.2, 0) is 5.41 Å². The minimum Gasteiger partial charge on any atom is -0.0653 e. The van der Waals surface area contributed by atoms with Crippen molar-refractivity contribution in [3.8, 4) is 66.8 Å². The minimum absolute atomic E-state index is 0.0342. The molecule has 1 unspecified atom stereocenters. The van der Waals surface area contributed by atoms with Gasteiger partial charge in [-0.15, -0.1) is 0 Å². The molecular weight excluding hydrogens is 673 g/mol. The van der Waals surface area contributed by atoms with Crippen molar-refractivity contribution < 1.29 is 0 Å². The van der Waals surface area contributed by atoms with Crippen molar-refractivity contribution >= 4 is 21.5 Å². The highest BCUT2D eigenvalue weighted by molar-refractivity contribution is 6.21. The van der Waals surface area contributed by atoms with Crippen molar-refractivity contribution in [2.75, 3.05) is 0 Å². The number of rotatable bonds is 8. The van der Waals surface area contributed by atoms with Crippen molar-refractivity contribution in [2.45, 2.75) is 38.5 Å². The predicted molar refractivity (Wildman–Crippen MR) is 240 cm³/mol. The molecule has 0 spiro atoms. The first-order chi connectivity index (χ1) is 27.7. The smallest absolute Gasteiger partial charge is 0.0212 e. The van der Waals surface area contributed by atoms with Crippen LogP contribution in [0.1, 0.15) is 44.2 Å². The van der Waals surface area contributed by atoms with Gasteiger partial charge in [0.05, 0.1) is 0 Å². The molecule has 0 heterocycles. The van der Waals surface area contributed by atoms with Crippen LogP contribution in [-0.4, -0.2) is 0 Å². The zero-order valence-electron chi connectivity index (χ0n) is 32.1. The molecule has 0 nitrogen and oxygen atoms in total. The van der Waals surface area contributed by atoms with Gasteiger partial charge in [-0.25, -0.2) is 0 Å². The zero-order valence-corrected chi connectivity index (χ0v) is 32.1. The Hall–Kier alpha value is -6.50. The lowest BCUT2D eigenvalue weighted by Crippen LogP contribution is -2.24. The van der Waals surface area contributed by atoms with Crippen LogP contribution in [0.3, 0.4) is 0 Å². The van der Waals surface area contributed by atoms with Gasteiger partial charge in [-0.3, -0.25) is 0 Å². The van der Waals surface area contributed by atoms with Crippen molar-refractivity contribution in [2.24, 2.45) is 0 Å². The van der Waals surface area contributed by atoms with Crippen LogP contribution in [0.25, 0.3) is 88.3 Å². The molecule has 0 amide bonds. The molecule has 0 fully saturated rings. The Bertz CT molecular complexity index is 2770. The van der Waals surface area contributed by atoms with E-state index in [-0.39, 0.29) is 5.41 Å². The lowest BCUT2D eigenvalue weighted by atomic mass is 9.72. The molecule has 9 aromatic carbocycles. The second-order valence-corrected chi connectivity index (χ2v) is 15.4. The largest absolute Gasteiger partial charge is 0.0653 e. The second-order valence-electron chi connectivity index (χ2n) is 15.4. The first kappa shape index (κ1) is 34.0. The highest BCUT2D eigenvalue weighted by Crippen LogP contribution is 2.55. The molecule has 0 radical (unpaired) electrons. The van der Waals surface area contributed by atoms with E-state index in [9.17, 15) is 0 Å². The van der Waals surface area contributed by atoms with E-state index in [2.05, 4.69) is 208 Å². The Morgan fingerprint density at radius 2 is 0.732 bits per heavy atom. The van der Waals surface area contributed by atoms with E-state index in [0.717, 1.165) is 19.3 Å². The maximum Gasteiger partial charge on any atom is 0.0212 e. The van der Waals surface area contributed by atoms with Gasteiger partial charge >= 0.3 is 0 Å². The Labute approximate surface area is 330 Å². The number of hydrogen-bond acceptors (Lipinski definition) is 0. The maximum atomic E-state index is 2.55. The van der Waals surface area contributed by atoms with E-state index in [1.165, 1.54) is 99.4 Å². The summed E-state index contributed by atoms with van der Waals surface area (Å²) in [6, 6.07) is 72.2. The molecule has 10 rings (SSSR count). The number of hydrogen-bond donors (Lipinski definition) is 0. The molecule has 56 heavy (non-hydrogen) atoms. The second kappa shape index (κ2) is 14.0. The average Bonchev–Trinajstić information content (AvgIpc) is 3.55. The Balaban J connectivity index is 1.12. The first-order valence-electron chi connectivity index (χ1n) is 20.2. The van der Waals surface area contributed by atoms with E-state index >= 15 is 0 Å². The molecule has 1 aliphatic rings. The summed E-state index contributed by atoms with van der Waals surface area (Å²) >= 11 is 0. The average molecular weight is 717 g/mol. The first-order valence-corrected chi connectivity index (χ1v) is 20.2. The fourth-order valence-corrected chi connectivity index (χ4v) is 9.83. The summed E-state index contributed by atoms with van der Waals surface area (Å²) in [5.74, 6) is 0. The Morgan fingerprint density at radius 3 is 1.25 bits per heavy atom. The van der Waals surface area contributed by atoms with Gasteiger partial charge in [-0.05, 0) is 137 Å². The third-order valence-corrected chi connectivity index (χ3v) is 12.4. The Kier molecular flexibility index (Phi) is 8.49. The van der Waals surface area contributed by atoms with Crippen molar-refractivity contribution in [1.82, 2.24) is 0 Å². The van der Waals surface area contributed by atoms with Gasteiger partial charge in [0.25, 0.3) is 0 Å². The molecule has 0 saturated heterocycles. The molecule has 0 bridgehead atoms. The summed E-state index contributed by atoms with van der Waals surface area (Å²) in [5.41, 5.74) is 18.3. The highest BCUT2D eigenvalue weighted by atomic mass is 14.4. The molecule has 268 valence electrons. The van der Waals surface area contributed by atoms with Gasteiger partial charge in [0.1, 0.15) is 0 Å². The summed E-state index contributed by atoms with van der Waals surface area (Å²) < 4.78 is 0. The molecule has 1 atom stereocenters. The van der Waals surface area contributed by atoms with E-state index in [1.807, 2.05) is 0 Å². The van der Waals surface area contributed by atoms with Gasteiger partial charge < -0.3 is 0 Å². The normalized spacial score (nSPS) is 14.5. The van der Waals surface area contributed by atoms with Gasteiger partial charge in [0.15, 0.2) is 0 Å². The third-order valence-electron chi connectivity index (χ3n) is 12.4. The SMILES string of the molecule is CCCC1(CC)c2ccccc2-c2ccc(-c3c4ccccc4c(-c4ccc(-c5cc(-c6ccccc6)cc(-c6ccccc6)c5)cc4)c4ccccc34)cc21. The molecule has 9 aromatic rings. The third kappa shape index (κ3) is 5.51. The summed E-state index contributed by atoms with van der Waals surface area (Å²) in [5, 5.41) is 5.15. The summed E-state index contributed by atoms with van der Waals surface area (Å²) in [6.07, 6.45) is 3.39. The van der Waals surface area contributed by atoms with Gasteiger partial charge in [0, 0.05) is 5.41 Å². The fourth-order valence-electron chi connectivity index (χ4n) is 9.83. The van der Waals surface area contributed by atoms with Crippen molar-refractivity contribution in [1.29, 1.82) is 0 Å². The number of fused-ring (bicyclic) bond motifs is 5. The predicted octanol–water partition coefficient (Wildman–Crippen LogP) is 15.8. The lowest BCUT2D eigenvalue weighted by molar-refractivity contribution is 0.461.